The summed E-state index contributed by atoms with van der Waals surface area (Å²) in [5.74, 6) is -1.01. The molecule has 0 atom stereocenters. The number of phenolic OH excluding ortho intramolecular Hbond substituents is 2. The second-order valence-corrected chi connectivity index (χ2v) is 6.79. The Balaban J connectivity index is 0.00000320. The van der Waals surface area contributed by atoms with Gasteiger partial charge >= 0.3 is 5.69 Å². The van der Waals surface area contributed by atoms with Crippen LogP contribution in [0.5, 0.6) is 17.2 Å². The minimum atomic E-state index is -0.834. The summed E-state index contributed by atoms with van der Waals surface area (Å²) in [5, 5.41) is 30.1. The SMILES string of the molecule is COc1ccccc1N1CCN(CCC(=O)c2cc(O)c(O)c([N+](=O)[O-])c2)CC1.Cl. The van der Waals surface area contributed by atoms with E-state index >= 15 is 0 Å². The molecule has 0 unspecified atom stereocenters. The van der Waals surface area contributed by atoms with Gasteiger partial charge < -0.3 is 19.8 Å². The van der Waals surface area contributed by atoms with Gasteiger partial charge in [0.25, 0.3) is 0 Å². The number of hydrogen-bond acceptors (Lipinski definition) is 8. The molecule has 2 aromatic rings. The largest absolute Gasteiger partial charge is 0.504 e. The summed E-state index contributed by atoms with van der Waals surface area (Å²) in [6, 6.07) is 9.89. The molecule has 10 heteroatoms. The van der Waals surface area contributed by atoms with Crippen molar-refractivity contribution in [3.8, 4) is 17.2 Å². The number of nitro benzene ring substituents is 1. The Morgan fingerprint density at radius 3 is 2.47 bits per heavy atom. The summed E-state index contributed by atoms with van der Waals surface area (Å²) in [7, 11) is 1.64. The third kappa shape index (κ3) is 5.11. The molecule has 30 heavy (non-hydrogen) atoms. The summed E-state index contributed by atoms with van der Waals surface area (Å²) in [5.41, 5.74) is 0.371. The van der Waals surface area contributed by atoms with Crippen molar-refractivity contribution in [2.45, 2.75) is 6.42 Å². The minimum Gasteiger partial charge on any atom is -0.504 e. The van der Waals surface area contributed by atoms with Gasteiger partial charge in [0.15, 0.2) is 11.5 Å². The Bertz CT molecular complexity index is 915. The topological polar surface area (TPSA) is 116 Å². The molecule has 2 aromatic carbocycles. The first kappa shape index (κ1) is 23.2. The molecule has 1 aliphatic rings. The normalized spacial score (nSPS) is 14.1. The fourth-order valence-corrected chi connectivity index (χ4v) is 3.41. The molecule has 1 saturated heterocycles. The zero-order valence-electron chi connectivity index (χ0n) is 16.5. The van der Waals surface area contributed by atoms with Gasteiger partial charge in [-0.2, -0.15) is 0 Å². The number of aromatic hydroxyl groups is 2. The highest BCUT2D eigenvalue weighted by atomic mass is 35.5. The molecule has 0 aromatic heterocycles. The number of Topliss-reactive ketones (excluding diaryl/α,β-unsaturated/α-hetero) is 1. The van der Waals surface area contributed by atoms with Gasteiger partial charge in [0.1, 0.15) is 5.75 Å². The monoisotopic (exact) mass is 437 g/mol. The van der Waals surface area contributed by atoms with Crippen molar-refractivity contribution < 1.29 is 24.7 Å². The summed E-state index contributed by atoms with van der Waals surface area (Å²) in [6.07, 6.45) is 0.163. The van der Waals surface area contributed by atoms with Crippen molar-refractivity contribution in [2.75, 3.05) is 44.7 Å². The molecule has 0 spiro atoms. The van der Waals surface area contributed by atoms with Gasteiger partial charge in [-0.05, 0) is 18.2 Å². The lowest BCUT2D eigenvalue weighted by Crippen LogP contribution is -2.47. The molecule has 0 amide bonds. The van der Waals surface area contributed by atoms with Crippen LogP contribution >= 0.6 is 12.4 Å². The highest BCUT2D eigenvalue weighted by molar-refractivity contribution is 5.97. The van der Waals surface area contributed by atoms with Gasteiger partial charge in [-0.15, -0.1) is 12.4 Å². The Morgan fingerprint density at radius 2 is 1.83 bits per heavy atom. The van der Waals surface area contributed by atoms with E-state index in [9.17, 15) is 25.1 Å². The fraction of sp³-hybridized carbons (Fsp3) is 0.350. The molecular formula is C20H24ClN3O6. The molecular weight excluding hydrogens is 414 g/mol. The van der Waals surface area contributed by atoms with Crippen LogP contribution in [0.1, 0.15) is 16.8 Å². The third-order valence-electron chi connectivity index (χ3n) is 5.04. The maximum Gasteiger partial charge on any atom is 0.315 e. The third-order valence-corrected chi connectivity index (χ3v) is 5.04. The number of anilines is 1. The number of ether oxygens (including phenoxy) is 1. The molecule has 0 bridgehead atoms. The van der Waals surface area contributed by atoms with Gasteiger partial charge in [0.2, 0.25) is 5.75 Å². The molecule has 162 valence electrons. The van der Waals surface area contributed by atoms with E-state index in [-0.39, 0.29) is 30.2 Å². The van der Waals surface area contributed by atoms with E-state index in [1.807, 2.05) is 24.3 Å². The summed E-state index contributed by atoms with van der Waals surface area (Å²) in [6.45, 7) is 3.63. The van der Waals surface area contributed by atoms with Crippen LogP contribution in [0.3, 0.4) is 0 Å². The highest BCUT2D eigenvalue weighted by Gasteiger charge is 2.23. The molecule has 9 nitrogen and oxygen atoms in total. The van der Waals surface area contributed by atoms with Crippen molar-refractivity contribution in [1.82, 2.24) is 4.90 Å². The van der Waals surface area contributed by atoms with Crippen LogP contribution in [0.25, 0.3) is 0 Å². The predicted molar refractivity (Wildman–Crippen MR) is 114 cm³/mol. The van der Waals surface area contributed by atoms with Crippen LogP contribution in [0.4, 0.5) is 11.4 Å². The summed E-state index contributed by atoms with van der Waals surface area (Å²) in [4.78, 5) is 26.9. The highest BCUT2D eigenvalue weighted by Crippen LogP contribution is 2.36. The number of methoxy groups -OCH3 is 1. The second-order valence-electron chi connectivity index (χ2n) is 6.79. The number of rotatable bonds is 7. The first-order valence-corrected chi connectivity index (χ1v) is 9.24. The number of ketones is 1. The maximum atomic E-state index is 12.4. The number of halogens is 1. The zero-order valence-corrected chi connectivity index (χ0v) is 17.3. The molecule has 2 N–H and O–H groups in total. The second kappa shape index (κ2) is 10.1. The van der Waals surface area contributed by atoms with Crippen molar-refractivity contribution >= 4 is 29.6 Å². The van der Waals surface area contributed by atoms with Gasteiger partial charge in [-0.3, -0.25) is 19.8 Å². The van der Waals surface area contributed by atoms with E-state index in [0.717, 1.165) is 49.7 Å². The van der Waals surface area contributed by atoms with Crippen LogP contribution in [0.2, 0.25) is 0 Å². The number of nitro groups is 1. The standard InChI is InChI=1S/C20H23N3O6.ClH/c1-29-19-5-3-2-4-15(19)22-10-8-21(9-11-22)7-6-17(24)14-12-16(23(27)28)20(26)18(25)13-14;/h2-5,12-13,25-26H,6-11H2,1H3;1H. The Labute approximate surface area is 180 Å². The number of hydrogen-bond donors (Lipinski definition) is 2. The molecule has 1 heterocycles. The van der Waals surface area contributed by atoms with E-state index < -0.39 is 22.1 Å². The van der Waals surface area contributed by atoms with Crippen molar-refractivity contribution in [3.05, 3.63) is 52.1 Å². The number of benzene rings is 2. The van der Waals surface area contributed by atoms with Crippen LogP contribution < -0.4 is 9.64 Å². The number of phenols is 2. The number of piperazine rings is 1. The molecule has 1 aliphatic heterocycles. The van der Waals surface area contributed by atoms with Gasteiger partial charge in [0, 0.05) is 50.8 Å². The van der Waals surface area contributed by atoms with Crippen LogP contribution in [0, 0.1) is 10.1 Å². The van der Waals surface area contributed by atoms with Gasteiger partial charge in [0.05, 0.1) is 17.7 Å². The van der Waals surface area contributed by atoms with Crippen molar-refractivity contribution in [2.24, 2.45) is 0 Å². The van der Waals surface area contributed by atoms with E-state index in [0.29, 0.717) is 6.54 Å². The lowest BCUT2D eigenvalue weighted by Gasteiger charge is -2.36. The van der Waals surface area contributed by atoms with Gasteiger partial charge in [-0.25, -0.2) is 0 Å². The molecule has 0 aliphatic carbocycles. The average molecular weight is 438 g/mol. The smallest absolute Gasteiger partial charge is 0.315 e. The average Bonchev–Trinajstić information content (AvgIpc) is 2.74. The molecule has 3 rings (SSSR count). The quantitative estimate of drug-likeness (QED) is 0.294. The molecule has 0 radical (unpaired) electrons. The summed E-state index contributed by atoms with van der Waals surface area (Å²) < 4.78 is 5.41. The Morgan fingerprint density at radius 1 is 1.17 bits per heavy atom. The predicted octanol–water partition coefficient (Wildman–Crippen LogP) is 2.83. The number of carbonyl (C=O) groups is 1. The van der Waals surface area contributed by atoms with E-state index in [4.69, 9.17) is 4.74 Å². The number of carbonyl (C=O) groups excluding carboxylic acids is 1. The fourth-order valence-electron chi connectivity index (χ4n) is 3.41. The van der Waals surface area contributed by atoms with Crippen LogP contribution in [0.15, 0.2) is 36.4 Å². The van der Waals surface area contributed by atoms with E-state index in [1.54, 1.807) is 7.11 Å². The summed E-state index contributed by atoms with van der Waals surface area (Å²) >= 11 is 0. The Hall–Kier alpha value is -3.04. The van der Waals surface area contributed by atoms with Crippen LogP contribution in [-0.4, -0.2) is 65.7 Å². The lowest BCUT2D eigenvalue weighted by molar-refractivity contribution is -0.386. The van der Waals surface area contributed by atoms with E-state index in [1.165, 1.54) is 0 Å². The number of para-hydroxylation sites is 2. The first-order chi connectivity index (χ1) is 13.9. The van der Waals surface area contributed by atoms with Crippen LogP contribution in [-0.2, 0) is 0 Å². The first-order valence-electron chi connectivity index (χ1n) is 9.24. The molecule has 1 fully saturated rings. The number of nitrogens with zero attached hydrogens (tertiary/aromatic N) is 3. The Kier molecular flexibility index (Phi) is 7.85. The lowest BCUT2D eigenvalue weighted by atomic mass is 10.1. The van der Waals surface area contributed by atoms with Gasteiger partial charge in [-0.1, -0.05) is 12.1 Å². The maximum absolute atomic E-state index is 12.4. The van der Waals surface area contributed by atoms with Crippen molar-refractivity contribution in [1.29, 1.82) is 0 Å². The zero-order chi connectivity index (χ0) is 21.0. The minimum absolute atomic E-state index is 0. The molecule has 0 saturated carbocycles. The van der Waals surface area contributed by atoms with E-state index in [2.05, 4.69) is 9.80 Å². The van der Waals surface area contributed by atoms with Crippen molar-refractivity contribution in [3.63, 3.8) is 0 Å².